The first-order valence-corrected chi connectivity index (χ1v) is 10.4. The number of benzene rings is 3. The van der Waals surface area contributed by atoms with E-state index in [1.54, 1.807) is 42.5 Å². The number of rotatable bonds is 7. The number of ether oxygens (including phenoxy) is 1. The molecule has 0 aliphatic rings. The molecule has 0 heterocycles. The molecule has 166 valence electrons. The fraction of sp³-hybridized carbons (Fsp3) is 0.0833. The Bertz CT molecular complexity index is 1280. The van der Waals surface area contributed by atoms with Crippen LogP contribution in [0.3, 0.4) is 0 Å². The smallest absolute Gasteiger partial charge is 0.269 e. The van der Waals surface area contributed by atoms with Crippen LogP contribution in [0.4, 0.5) is 11.4 Å². The fourth-order valence-corrected chi connectivity index (χ4v) is 3.23. The van der Waals surface area contributed by atoms with Gasteiger partial charge in [-0.15, -0.1) is 0 Å². The average molecular weight is 482 g/mol. The molecule has 9 heteroatoms. The lowest BCUT2D eigenvalue weighted by atomic mass is 10.0. The molecule has 0 fully saturated rings. The van der Waals surface area contributed by atoms with E-state index >= 15 is 0 Å². The third-order valence-corrected chi connectivity index (χ3v) is 5.24. The van der Waals surface area contributed by atoms with Gasteiger partial charge in [-0.25, -0.2) is 0 Å². The Morgan fingerprint density at radius 3 is 2.52 bits per heavy atom. The normalized spacial score (nSPS) is 10.9. The van der Waals surface area contributed by atoms with Crippen LogP contribution in [0.15, 0.2) is 60.7 Å². The van der Waals surface area contributed by atoms with Crippen LogP contribution < -0.4 is 10.1 Å². The topological polar surface area (TPSA) is 105 Å². The van der Waals surface area contributed by atoms with Gasteiger partial charge in [0.25, 0.3) is 11.6 Å². The molecule has 0 unspecified atom stereocenters. The number of halogens is 2. The zero-order valence-corrected chi connectivity index (χ0v) is 18.9. The number of nitrogens with zero attached hydrogens (tertiary/aromatic N) is 2. The maximum Gasteiger partial charge on any atom is 0.269 e. The van der Waals surface area contributed by atoms with Gasteiger partial charge in [-0.05, 0) is 66.6 Å². The van der Waals surface area contributed by atoms with Crippen molar-refractivity contribution in [2.75, 3.05) is 11.9 Å². The number of nitro groups is 1. The van der Waals surface area contributed by atoms with E-state index < -0.39 is 10.8 Å². The standard InChI is InChI=1S/C24H17Cl2N3O4/c1-15-2-6-20(12-22(15)26)28-24(30)14-33-23-9-5-19(25)11-17(23)10-18(13-27)16-3-7-21(8-4-16)29(31)32/h2-12H,14H2,1H3,(H,28,30)/b18-10+. The lowest BCUT2D eigenvalue weighted by Crippen LogP contribution is -2.20. The highest BCUT2D eigenvalue weighted by Crippen LogP contribution is 2.28. The summed E-state index contributed by atoms with van der Waals surface area (Å²) in [6, 6.07) is 17.6. The average Bonchev–Trinajstić information content (AvgIpc) is 2.79. The fourth-order valence-electron chi connectivity index (χ4n) is 2.87. The van der Waals surface area contributed by atoms with Gasteiger partial charge in [0.1, 0.15) is 5.75 Å². The summed E-state index contributed by atoms with van der Waals surface area (Å²) in [4.78, 5) is 22.7. The summed E-state index contributed by atoms with van der Waals surface area (Å²) in [5, 5.41) is 24.1. The molecule has 0 atom stereocenters. The lowest BCUT2D eigenvalue weighted by molar-refractivity contribution is -0.384. The number of non-ortho nitro benzene ring substituents is 1. The molecular formula is C24H17Cl2N3O4. The van der Waals surface area contributed by atoms with Crippen molar-refractivity contribution in [3.05, 3.63) is 97.5 Å². The number of hydrogen-bond donors (Lipinski definition) is 1. The molecule has 3 aromatic carbocycles. The van der Waals surface area contributed by atoms with Crippen LogP contribution in [0.25, 0.3) is 11.6 Å². The maximum atomic E-state index is 12.3. The number of anilines is 1. The minimum Gasteiger partial charge on any atom is -0.483 e. The van der Waals surface area contributed by atoms with E-state index in [-0.39, 0.29) is 17.9 Å². The van der Waals surface area contributed by atoms with E-state index in [0.29, 0.717) is 32.6 Å². The summed E-state index contributed by atoms with van der Waals surface area (Å²) in [6.07, 6.45) is 1.54. The van der Waals surface area contributed by atoms with Gasteiger partial charge in [0.15, 0.2) is 6.61 Å². The van der Waals surface area contributed by atoms with Crippen molar-refractivity contribution in [3.8, 4) is 11.8 Å². The number of allylic oxidation sites excluding steroid dienone is 1. The third kappa shape index (κ3) is 6.32. The maximum absolute atomic E-state index is 12.3. The molecule has 33 heavy (non-hydrogen) atoms. The summed E-state index contributed by atoms with van der Waals surface area (Å²) in [5.74, 6) is -0.0539. The number of hydrogen-bond acceptors (Lipinski definition) is 5. The SMILES string of the molecule is Cc1ccc(NC(=O)COc2ccc(Cl)cc2/C=C(\C#N)c2ccc([N+](=O)[O-])cc2)cc1Cl. The van der Waals surface area contributed by atoms with Gasteiger partial charge in [-0.1, -0.05) is 29.3 Å². The Hall–Kier alpha value is -3.86. The van der Waals surface area contributed by atoms with Crippen molar-refractivity contribution in [1.82, 2.24) is 0 Å². The van der Waals surface area contributed by atoms with Crippen LogP contribution in [0.2, 0.25) is 10.0 Å². The van der Waals surface area contributed by atoms with E-state index in [1.165, 1.54) is 24.3 Å². The number of aryl methyl sites for hydroxylation is 1. The molecule has 0 saturated carbocycles. The third-order valence-electron chi connectivity index (χ3n) is 4.60. The number of amides is 1. The minimum absolute atomic E-state index is 0.0799. The molecule has 0 radical (unpaired) electrons. The summed E-state index contributed by atoms with van der Waals surface area (Å²) >= 11 is 12.2. The molecule has 3 aromatic rings. The van der Waals surface area contributed by atoms with Crippen molar-refractivity contribution >= 4 is 52.1 Å². The highest BCUT2D eigenvalue weighted by molar-refractivity contribution is 6.31. The lowest BCUT2D eigenvalue weighted by Gasteiger charge is -2.11. The predicted octanol–water partition coefficient (Wildman–Crippen LogP) is 6.29. The summed E-state index contributed by atoms with van der Waals surface area (Å²) < 4.78 is 5.66. The van der Waals surface area contributed by atoms with Gasteiger partial charge in [0.2, 0.25) is 0 Å². The number of carbonyl (C=O) groups is 1. The Kier molecular flexibility index (Phi) is 7.67. The predicted molar refractivity (Wildman–Crippen MR) is 128 cm³/mol. The zero-order chi connectivity index (χ0) is 24.0. The first-order chi connectivity index (χ1) is 15.8. The molecule has 0 saturated heterocycles. The van der Waals surface area contributed by atoms with Crippen LogP contribution in [-0.4, -0.2) is 17.4 Å². The molecule has 0 aromatic heterocycles. The van der Waals surface area contributed by atoms with Gasteiger partial charge in [-0.2, -0.15) is 5.26 Å². The summed E-state index contributed by atoms with van der Waals surface area (Å²) in [6.45, 7) is 1.58. The molecule has 0 bridgehead atoms. The highest BCUT2D eigenvalue weighted by atomic mass is 35.5. The van der Waals surface area contributed by atoms with E-state index in [1.807, 2.05) is 6.92 Å². The van der Waals surface area contributed by atoms with Crippen molar-refractivity contribution < 1.29 is 14.5 Å². The molecule has 3 rings (SSSR count). The molecule has 0 spiro atoms. The monoisotopic (exact) mass is 481 g/mol. The molecular weight excluding hydrogens is 465 g/mol. The van der Waals surface area contributed by atoms with Crippen molar-refractivity contribution in [1.29, 1.82) is 5.26 Å². The summed E-state index contributed by atoms with van der Waals surface area (Å²) in [7, 11) is 0. The van der Waals surface area contributed by atoms with Crippen LogP contribution in [-0.2, 0) is 4.79 Å². The van der Waals surface area contributed by atoms with Gasteiger partial charge < -0.3 is 10.1 Å². The Morgan fingerprint density at radius 2 is 1.88 bits per heavy atom. The van der Waals surface area contributed by atoms with E-state index in [4.69, 9.17) is 27.9 Å². The molecule has 7 nitrogen and oxygen atoms in total. The van der Waals surface area contributed by atoms with E-state index in [2.05, 4.69) is 11.4 Å². The van der Waals surface area contributed by atoms with Crippen molar-refractivity contribution in [2.45, 2.75) is 6.92 Å². The van der Waals surface area contributed by atoms with Crippen molar-refractivity contribution in [3.63, 3.8) is 0 Å². The van der Waals surface area contributed by atoms with Crippen LogP contribution in [0.1, 0.15) is 16.7 Å². The van der Waals surface area contributed by atoms with Gasteiger partial charge >= 0.3 is 0 Å². The number of nitriles is 1. The Labute approximate surface area is 200 Å². The first kappa shape index (κ1) is 23.8. The number of nitrogens with one attached hydrogen (secondary N) is 1. The molecule has 1 amide bonds. The largest absolute Gasteiger partial charge is 0.483 e. The second kappa shape index (κ2) is 10.6. The van der Waals surface area contributed by atoms with Crippen LogP contribution >= 0.6 is 23.2 Å². The highest BCUT2D eigenvalue weighted by Gasteiger charge is 2.11. The summed E-state index contributed by atoms with van der Waals surface area (Å²) in [5.41, 5.74) is 2.57. The van der Waals surface area contributed by atoms with Crippen LogP contribution in [0, 0.1) is 28.4 Å². The number of nitro benzene ring substituents is 1. The van der Waals surface area contributed by atoms with Gasteiger partial charge in [0, 0.05) is 33.4 Å². The Morgan fingerprint density at radius 1 is 1.15 bits per heavy atom. The quantitative estimate of drug-likeness (QED) is 0.184. The molecule has 0 aliphatic heterocycles. The first-order valence-electron chi connectivity index (χ1n) is 9.62. The van der Waals surface area contributed by atoms with Crippen molar-refractivity contribution in [2.24, 2.45) is 0 Å². The second-order valence-electron chi connectivity index (χ2n) is 6.96. The minimum atomic E-state index is -0.516. The van der Waals surface area contributed by atoms with Gasteiger partial charge in [-0.3, -0.25) is 14.9 Å². The molecule has 1 N–H and O–H groups in total. The van der Waals surface area contributed by atoms with Gasteiger partial charge in [0.05, 0.1) is 16.6 Å². The van der Waals surface area contributed by atoms with Crippen LogP contribution in [0.5, 0.6) is 5.75 Å². The molecule has 0 aliphatic carbocycles. The number of carbonyl (C=O) groups excluding carboxylic acids is 1. The van der Waals surface area contributed by atoms with E-state index in [0.717, 1.165) is 5.56 Å². The Balaban J connectivity index is 1.79. The zero-order valence-electron chi connectivity index (χ0n) is 17.3. The van der Waals surface area contributed by atoms with E-state index in [9.17, 15) is 20.2 Å². The second-order valence-corrected chi connectivity index (χ2v) is 7.80.